The Balaban J connectivity index is 1.46. The molecule has 0 aromatic heterocycles. The van der Waals surface area contributed by atoms with Crippen molar-refractivity contribution in [1.29, 1.82) is 0 Å². The molecule has 0 radical (unpaired) electrons. The molecule has 3 aliphatic rings. The fourth-order valence-electron chi connectivity index (χ4n) is 4.73. The number of anilines is 1. The number of para-hydroxylation sites is 1. The van der Waals surface area contributed by atoms with Gasteiger partial charge in [0.15, 0.2) is 5.25 Å². The molecule has 0 spiro atoms. The molecule has 2 aliphatic carbocycles. The van der Waals surface area contributed by atoms with Gasteiger partial charge in [0, 0.05) is 17.0 Å². The lowest BCUT2D eigenvalue weighted by molar-refractivity contribution is -0.129. The quantitative estimate of drug-likeness (QED) is 0.704. The number of nitrogens with one attached hydrogen (secondary N) is 2. The first-order chi connectivity index (χ1) is 14.6. The van der Waals surface area contributed by atoms with Gasteiger partial charge in [-0.25, -0.2) is 0 Å². The van der Waals surface area contributed by atoms with E-state index in [9.17, 15) is 14.4 Å². The number of carbonyl (C=O) groups is 3. The third kappa shape index (κ3) is 4.99. The average Bonchev–Trinajstić information content (AvgIpc) is 2.77. The minimum absolute atomic E-state index is 0.0416. The topological polar surface area (TPSA) is 78.5 Å². The summed E-state index contributed by atoms with van der Waals surface area (Å²) in [5, 5.41) is 5.33. The first-order valence-corrected chi connectivity index (χ1v) is 12.2. The van der Waals surface area contributed by atoms with Crippen molar-refractivity contribution in [3.8, 4) is 0 Å². The van der Waals surface area contributed by atoms with Crippen LogP contribution < -0.4 is 15.5 Å². The molecule has 1 aromatic rings. The second-order valence-corrected chi connectivity index (χ2v) is 9.78. The van der Waals surface area contributed by atoms with E-state index in [1.807, 2.05) is 24.3 Å². The number of nitrogens with zero attached hydrogens (tertiary/aromatic N) is 1. The SMILES string of the molecule is O=C(CN1C(=O)C(C(=O)NC2CCCCC2)Sc2ccccc21)NC1CCCCC1. The monoisotopic (exact) mass is 429 g/mol. The zero-order valence-corrected chi connectivity index (χ0v) is 18.2. The van der Waals surface area contributed by atoms with Crippen molar-refractivity contribution < 1.29 is 14.4 Å². The summed E-state index contributed by atoms with van der Waals surface area (Å²) in [4.78, 5) is 41.3. The number of rotatable bonds is 5. The van der Waals surface area contributed by atoms with E-state index < -0.39 is 5.25 Å². The molecule has 2 N–H and O–H groups in total. The average molecular weight is 430 g/mol. The van der Waals surface area contributed by atoms with E-state index >= 15 is 0 Å². The van der Waals surface area contributed by atoms with E-state index in [1.54, 1.807) is 0 Å². The fraction of sp³-hybridized carbons (Fsp3) is 0.609. The van der Waals surface area contributed by atoms with Crippen LogP contribution in [0.5, 0.6) is 0 Å². The highest BCUT2D eigenvalue weighted by molar-refractivity contribution is 8.01. The Morgan fingerprint density at radius 2 is 1.50 bits per heavy atom. The van der Waals surface area contributed by atoms with Crippen LogP contribution in [0, 0.1) is 0 Å². The van der Waals surface area contributed by atoms with Gasteiger partial charge in [0.1, 0.15) is 6.54 Å². The molecule has 2 saturated carbocycles. The molecule has 1 aliphatic heterocycles. The van der Waals surface area contributed by atoms with Crippen LogP contribution in [0.3, 0.4) is 0 Å². The lowest BCUT2D eigenvalue weighted by Crippen LogP contribution is -2.53. The van der Waals surface area contributed by atoms with Gasteiger partial charge in [0.25, 0.3) is 5.91 Å². The first-order valence-electron chi connectivity index (χ1n) is 11.3. The molecule has 6 nitrogen and oxygen atoms in total. The van der Waals surface area contributed by atoms with Crippen LogP contribution in [-0.4, -0.2) is 41.6 Å². The van der Waals surface area contributed by atoms with Gasteiger partial charge in [-0.15, -0.1) is 11.8 Å². The molecule has 162 valence electrons. The van der Waals surface area contributed by atoms with Crippen molar-refractivity contribution in [2.75, 3.05) is 11.4 Å². The molecule has 1 unspecified atom stereocenters. The number of benzene rings is 1. The molecule has 0 saturated heterocycles. The van der Waals surface area contributed by atoms with E-state index in [4.69, 9.17) is 0 Å². The van der Waals surface area contributed by atoms with E-state index in [1.165, 1.54) is 29.5 Å². The Morgan fingerprint density at radius 3 is 2.17 bits per heavy atom. The van der Waals surface area contributed by atoms with Gasteiger partial charge in [-0.05, 0) is 37.8 Å². The number of hydrogen-bond acceptors (Lipinski definition) is 4. The number of thioether (sulfide) groups is 1. The van der Waals surface area contributed by atoms with Gasteiger partial charge in [-0.1, -0.05) is 50.7 Å². The summed E-state index contributed by atoms with van der Waals surface area (Å²) in [5.41, 5.74) is 0.716. The van der Waals surface area contributed by atoms with Crippen molar-refractivity contribution in [1.82, 2.24) is 10.6 Å². The van der Waals surface area contributed by atoms with Crippen LogP contribution in [-0.2, 0) is 14.4 Å². The van der Waals surface area contributed by atoms with E-state index in [-0.39, 0.29) is 36.3 Å². The standard InChI is InChI=1S/C23H31N3O3S/c27-20(24-16-9-3-1-4-10-16)15-26-18-13-7-8-14-19(18)30-21(23(26)29)22(28)25-17-11-5-2-6-12-17/h7-8,13-14,16-17,21H,1-6,9-12,15H2,(H,24,27)(H,25,28). The molecule has 7 heteroatoms. The maximum Gasteiger partial charge on any atom is 0.250 e. The lowest BCUT2D eigenvalue weighted by Gasteiger charge is -2.34. The summed E-state index contributed by atoms with van der Waals surface area (Å²) in [5.74, 6) is -0.682. The van der Waals surface area contributed by atoms with Crippen LogP contribution in [0.2, 0.25) is 0 Å². The van der Waals surface area contributed by atoms with Gasteiger partial charge < -0.3 is 15.5 Å². The van der Waals surface area contributed by atoms with Gasteiger partial charge in [-0.3, -0.25) is 14.4 Å². The molecular formula is C23H31N3O3S. The van der Waals surface area contributed by atoms with Gasteiger partial charge >= 0.3 is 0 Å². The van der Waals surface area contributed by atoms with Crippen molar-refractivity contribution in [2.45, 2.75) is 86.4 Å². The smallest absolute Gasteiger partial charge is 0.250 e. The summed E-state index contributed by atoms with van der Waals surface area (Å²) < 4.78 is 0. The van der Waals surface area contributed by atoms with Crippen molar-refractivity contribution in [3.63, 3.8) is 0 Å². The fourth-order valence-corrected chi connectivity index (χ4v) is 5.85. The van der Waals surface area contributed by atoms with Gasteiger partial charge in [-0.2, -0.15) is 0 Å². The molecule has 30 heavy (non-hydrogen) atoms. The van der Waals surface area contributed by atoms with Gasteiger partial charge in [0.2, 0.25) is 11.8 Å². The molecular weight excluding hydrogens is 398 g/mol. The highest BCUT2D eigenvalue weighted by Crippen LogP contribution is 2.39. The highest BCUT2D eigenvalue weighted by Gasteiger charge is 2.39. The van der Waals surface area contributed by atoms with Crippen LogP contribution in [0.4, 0.5) is 5.69 Å². The third-order valence-electron chi connectivity index (χ3n) is 6.35. The van der Waals surface area contributed by atoms with E-state index in [2.05, 4.69) is 10.6 Å². The summed E-state index contributed by atoms with van der Waals surface area (Å²) in [7, 11) is 0. The number of fused-ring (bicyclic) bond motifs is 1. The summed E-state index contributed by atoms with van der Waals surface area (Å²) >= 11 is 1.29. The Morgan fingerprint density at radius 1 is 0.900 bits per heavy atom. The number of amides is 3. The highest BCUT2D eigenvalue weighted by atomic mass is 32.2. The Bertz CT molecular complexity index is 788. The summed E-state index contributed by atoms with van der Waals surface area (Å²) in [6.07, 6.45) is 10.9. The number of hydrogen-bond donors (Lipinski definition) is 2. The molecule has 0 bridgehead atoms. The summed E-state index contributed by atoms with van der Waals surface area (Å²) in [6.45, 7) is -0.0416. The second-order valence-electron chi connectivity index (χ2n) is 8.64. The maximum atomic E-state index is 13.3. The van der Waals surface area contributed by atoms with E-state index in [0.29, 0.717) is 5.69 Å². The predicted octanol–water partition coefficient (Wildman–Crippen LogP) is 3.39. The lowest BCUT2D eigenvalue weighted by atomic mass is 9.95. The van der Waals surface area contributed by atoms with Crippen LogP contribution in [0.15, 0.2) is 29.2 Å². The first kappa shape index (κ1) is 21.2. The minimum Gasteiger partial charge on any atom is -0.352 e. The largest absolute Gasteiger partial charge is 0.352 e. The normalized spacial score (nSPS) is 23.0. The van der Waals surface area contributed by atoms with Crippen LogP contribution in [0.25, 0.3) is 0 Å². The summed E-state index contributed by atoms with van der Waals surface area (Å²) in [6, 6.07) is 7.88. The van der Waals surface area contributed by atoms with Crippen LogP contribution in [0.1, 0.15) is 64.2 Å². The van der Waals surface area contributed by atoms with Crippen molar-refractivity contribution in [3.05, 3.63) is 24.3 Å². The van der Waals surface area contributed by atoms with E-state index in [0.717, 1.165) is 56.3 Å². The molecule has 1 atom stereocenters. The molecule has 1 heterocycles. The zero-order valence-electron chi connectivity index (χ0n) is 17.4. The minimum atomic E-state index is -0.843. The van der Waals surface area contributed by atoms with Crippen molar-refractivity contribution >= 4 is 35.2 Å². The molecule has 1 aromatic carbocycles. The van der Waals surface area contributed by atoms with Crippen molar-refractivity contribution in [2.24, 2.45) is 0 Å². The predicted molar refractivity (Wildman–Crippen MR) is 118 cm³/mol. The van der Waals surface area contributed by atoms with Crippen LogP contribution >= 0.6 is 11.8 Å². The Kier molecular flexibility index (Phi) is 6.97. The van der Waals surface area contributed by atoms with Gasteiger partial charge in [0.05, 0.1) is 5.69 Å². The third-order valence-corrected chi connectivity index (χ3v) is 7.60. The molecule has 4 rings (SSSR count). The molecule has 2 fully saturated rings. The Hall–Kier alpha value is -2.02. The zero-order chi connectivity index (χ0) is 20.9. The molecule has 3 amide bonds. The maximum absolute atomic E-state index is 13.3. The number of carbonyl (C=O) groups excluding carboxylic acids is 3. The Labute approximate surface area is 182 Å². The second kappa shape index (κ2) is 9.86.